The van der Waals surface area contributed by atoms with Crippen molar-refractivity contribution in [3.8, 4) is 0 Å². The predicted molar refractivity (Wildman–Crippen MR) is 72.1 cm³/mol. The molecule has 0 aliphatic carbocycles. The molecule has 2 rings (SSSR count). The zero-order valence-electron chi connectivity index (χ0n) is 11.1. The van der Waals surface area contributed by atoms with Crippen LogP contribution in [0.5, 0.6) is 0 Å². The fourth-order valence-corrected chi connectivity index (χ4v) is 1.62. The Bertz CT molecular complexity index is 709. The highest BCUT2D eigenvalue weighted by molar-refractivity contribution is 6.01. The second-order valence-corrected chi connectivity index (χ2v) is 4.25. The van der Waals surface area contributed by atoms with Crippen molar-refractivity contribution in [2.75, 3.05) is 0 Å². The third-order valence-corrected chi connectivity index (χ3v) is 2.74. The minimum atomic E-state index is -0.778. The Morgan fingerprint density at radius 2 is 1.76 bits per heavy atom. The number of amides is 2. The molecule has 0 atom stereocenters. The maximum atomic E-state index is 13.4. The van der Waals surface area contributed by atoms with Crippen molar-refractivity contribution < 1.29 is 18.8 Å². The first-order chi connectivity index (χ1) is 9.99. The number of carbonyl (C=O) groups excluding carboxylic acids is 3. The first kappa shape index (κ1) is 14.4. The van der Waals surface area contributed by atoms with Crippen LogP contribution in [0.3, 0.4) is 0 Å². The van der Waals surface area contributed by atoms with Gasteiger partial charge in [-0.15, -0.1) is 0 Å². The molecule has 0 spiro atoms. The van der Waals surface area contributed by atoms with Gasteiger partial charge in [-0.3, -0.25) is 25.2 Å². The van der Waals surface area contributed by atoms with E-state index in [2.05, 4.69) is 15.8 Å². The lowest BCUT2D eigenvalue weighted by Gasteiger charge is -2.06. The highest BCUT2D eigenvalue weighted by atomic mass is 19.1. The summed E-state index contributed by atoms with van der Waals surface area (Å²) in [6.45, 7) is 1.37. The molecule has 2 amide bonds. The van der Waals surface area contributed by atoms with E-state index < -0.39 is 17.6 Å². The van der Waals surface area contributed by atoms with Gasteiger partial charge in [0.05, 0.1) is 5.56 Å². The molecule has 1 aromatic carbocycles. The molecule has 7 heteroatoms. The first-order valence-electron chi connectivity index (χ1n) is 6.03. The van der Waals surface area contributed by atoms with Crippen LogP contribution in [0.4, 0.5) is 4.39 Å². The highest BCUT2D eigenvalue weighted by Gasteiger charge is 2.14. The van der Waals surface area contributed by atoms with E-state index in [-0.39, 0.29) is 17.0 Å². The van der Waals surface area contributed by atoms with E-state index in [1.165, 1.54) is 37.4 Å². The van der Waals surface area contributed by atoms with E-state index in [4.69, 9.17) is 0 Å². The van der Waals surface area contributed by atoms with Crippen LogP contribution in [0.15, 0.2) is 36.5 Å². The van der Waals surface area contributed by atoms with Gasteiger partial charge in [0.25, 0.3) is 11.8 Å². The molecule has 108 valence electrons. The van der Waals surface area contributed by atoms with E-state index in [0.717, 1.165) is 6.07 Å². The van der Waals surface area contributed by atoms with Gasteiger partial charge in [0.15, 0.2) is 5.78 Å². The summed E-state index contributed by atoms with van der Waals surface area (Å²) >= 11 is 0. The van der Waals surface area contributed by atoms with Gasteiger partial charge in [0.2, 0.25) is 0 Å². The van der Waals surface area contributed by atoms with E-state index in [1.54, 1.807) is 0 Å². The number of H-pyrrole nitrogens is 1. The van der Waals surface area contributed by atoms with Gasteiger partial charge in [-0.2, -0.15) is 0 Å². The van der Waals surface area contributed by atoms with E-state index in [0.29, 0.717) is 5.56 Å². The largest absolute Gasteiger partial charge is 0.356 e. The average Bonchev–Trinajstić information content (AvgIpc) is 2.95. The third-order valence-electron chi connectivity index (χ3n) is 2.74. The van der Waals surface area contributed by atoms with Crippen LogP contribution in [0.1, 0.15) is 38.1 Å². The van der Waals surface area contributed by atoms with Crippen LogP contribution in [0.25, 0.3) is 0 Å². The summed E-state index contributed by atoms with van der Waals surface area (Å²) in [5, 5.41) is 0. The molecule has 0 saturated heterocycles. The topological polar surface area (TPSA) is 91.1 Å². The first-order valence-corrected chi connectivity index (χ1v) is 6.03. The Kier molecular flexibility index (Phi) is 4.13. The average molecular weight is 289 g/mol. The SMILES string of the molecule is CC(=O)c1c[nH]c(C(=O)NNC(=O)c2ccccc2F)c1. The van der Waals surface area contributed by atoms with Gasteiger partial charge in [0.1, 0.15) is 11.5 Å². The maximum absolute atomic E-state index is 13.4. The minimum absolute atomic E-state index is 0.106. The summed E-state index contributed by atoms with van der Waals surface area (Å²) in [4.78, 5) is 37.1. The monoisotopic (exact) mass is 289 g/mol. The summed E-state index contributed by atoms with van der Waals surface area (Å²) < 4.78 is 13.4. The standard InChI is InChI=1S/C14H12FN3O3/c1-8(19)9-6-12(16-7-9)14(21)18-17-13(20)10-4-2-3-5-11(10)15/h2-7,16H,1H3,(H,17,20)(H,18,21). The molecule has 6 nitrogen and oxygen atoms in total. The molecule has 3 N–H and O–H groups in total. The summed E-state index contributed by atoms with van der Waals surface area (Å²) in [7, 11) is 0. The van der Waals surface area contributed by atoms with Gasteiger partial charge < -0.3 is 4.98 Å². The molecular weight excluding hydrogens is 277 g/mol. The highest BCUT2D eigenvalue weighted by Crippen LogP contribution is 2.06. The predicted octanol–water partition coefficient (Wildman–Crippen LogP) is 1.43. The molecule has 2 aromatic rings. The summed E-state index contributed by atoms with van der Waals surface area (Å²) in [6.07, 6.45) is 1.38. The minimum Gasteiger partial charge on any atom is -0.356 e. The zero-order valence-corrected chi connectivity index (χ0v) is 11.1. The third kappa shape index (κ3) is 3.33. The molecule has 0 bridgehead atoms. The number of carbonyl (C=O) groups is 3. The Labute approximate surface area is 119 Å². The van der Waals surface area contributed by atoms with E-state index in [1.807, 2.05) is 0 Å². The smallest absolute Gasteiger partial charge is 0.286 e. The molecule has 0 unspecified atom stereocenters. The number of rotatable bonds is 3. The maximum Gasteiger partial charge on any atom is 0.286 e. The van der Waals surface area contributed by atoms with Crippen molar-refractivity contribution >= 4 is 17.6 Å². The van der Waals surface area contributed by atoms with Gasteiger partial charge >= 0.3 is 0 Å². The van der Waals surface area contributed by atoms with Crippen LogP contribution >= 0.6 is 0 Å². The number of hydrogen-bond acceptors (Lipinski definition) is 3. The fourth-order valence-electron chi connectivity index (χ4n) is 1.62. The van der Waals surface area contributed by atoms with E-state index in [9.17, 15) is 18.8 Å². The molecule has 0 saturated carbocycles. The second-order valence-electron chi connectivity index (χ2n) is 4.25. The Balaban J connectivity index is 1.99. The number of nitrogens with one attached hydrogen (secondary N) is 3. The number of halogens is 1. The van der Waals surface area contributed by atoms with Crippen molar-refractivity contribution in [3.05, 3.63) is 59.2 Å². The van der Waals surface area contributed by atoms with Gasteiger partial charge in [-0.1, -0.05) is 12.1 Å². The number of aromatic amines is 1. The molecule has 0 aliphatic rings. The number of benzene rings is 1. The molecule has 0 radical (unpaired) electrons. The molecule has 0 aliphatic heterocycles. The molecule has 1 aromatic heterocycles. The van der Waals surface area contributed by atoms with Crippen molar-refractivity contribution in [1.29, 1.82) is 0 Å². The number of Topliss-reactive ketones (excluding diaryl/α,β-unsaturated/α-hetero) is 1. The van der Waals surface area contributed by atoms with Crippen LogP contribution in [-0.4, -0.2) is 22.6 Å². The van der Waals surface area contributed by atoms with Gasteiger partial charge in [-0.05, 0) is 25.1 Å². The summed E-state index contributed by atoms with van der Waals surface area (Å²) in [5.41, 5.74) is 4.49. The zero-order chi connectivity index (χ0) is 15.4. The summed E-state index contributed by atoms with van der Waals surface area (Å²) in [6, 6.07) is 6.74. The number of aromatic nitrogens is 1. The fraction of sp³-hybridized carbons (Fsp3) is 0.0714. The molecule has 0 fully saturated rings. The lowest BCUT2D eigenvalue weighted by atomic mass is 10.2. The van der Waals surface area contributed by atoms with Crippen LogP contribution < -0.4 is 10.9 Å². The van der Waals surface area contributed by atoms with Crippen LogP contribution in [0.2, 0.25) is 0 Å². The Morgan fingerprint density at radius 1 is 1.10 bits per heavy atom. The lowest BCUT2D eigenvalue weighted by Crippen LogP contribution is -2.42. The molecular formula is C14H12FN3O3. The van der Waals surface area contributed by atoms with Crippen molar-refractivity contribution in [2.45, 2.75) is 6.92 Å². The van der Waals surface area contributed by atoms with Crippen molar-refractivity contribution in [1.82, 2.24) is 15.8 Å². The molecule has 21 heavy (non-hydrogen) atoms. The van der Waals surface area contributed by atoms with Gasteiger partial charge in [-0.25, -0.2) is 4.39 Å². The number of hydrogen-bond donors (Lipinski definition) is 3. The Morgan fingerprint density at radius 3 is 2.38 bits per heavy atom. The van der Waals surface area contributed by atoms with Crippen LogP contribution in [-0.2, 0) is 0 Å². The van der Waals surface area contributed by atoms with Crippen LogP contribution in [0, 0.1) is 5.82 Å². The second kappa shape index (κ2) is 6.00. The van der Waals surface area contributed by atoms with Crippen molar-refractivity contribution in [3.63, 3.8) is 0 Å². The Hall–Kier alpha value is -2.96. The van der Waals surface area contributed by atoms with E-state index >= 15 is 0 Å². The normalized spacial score (nSPS) is 10.0. The number of ketones is 1. The number of hydrazine groups is 1. The quantitative estimate of drug-likeness (QED) is 0.589. The summed E-state index contributed by atoms with van der Waals surface area (Å²) in [5.74, 6) is -2.31. The molecule has 1 heterocycles. The lowest BCUT2D eigenvalue weighted by molar-refractivity contribution is 0.0842. The van der Waals surface area contributed by atoms with Crippen molar-refractivity contribution in [2.24, 2.45) is 0 Å². The van der Waals surface area contributed by atoms with Gasteiger partial charge in [0, 0.05) is 11.8 Å².